The van der Waals surface area contributed by atoms with Crippen molar-refractivity contribution in [3.63, 3.8) is 0 Å². The van der Waals surface area contributed by atoms with Gasteiger partial charge in [-0.15, -0.1) is 0 Å². The third-order valence-electron chi connectivity index (χ3n) is 3.80. The summed E-state index contributed by atoms with van der Waals surface area (Å²) in [6.07, 6.45) is 2.19. The molecule has 0 fully saturated rings. The number of ether oxygens (including phenoxy) is 2. The number of hydrogen-bond donors (Lipinski definition) is 2. The quantitative estimate of drug-likeness (QED) is 0.703. The fourth-order valence-electron chi connectivity index (χ4n) is 2.54. The molecule has 144 valence electrons. The standard InChI is InChI=1S/C19H21NO6S/c1-12-5-7-15(13(2)9-12)20-27(23,24)17-11-14(6-8-18(21)22)10-16(25-3)19(17)26-4/h5-11,20H,1-4H3,(H,21,22)/b8-6+. The average Bonchev–Trinajstić information content (AvgIpc) is 2.61. The van der Waals surface area contributed by atoms with Crippen LogP contribution in [0.2, 0.25) is 0 Å². The van der Waals surface area contributed by atoms with Crippen LogP contribution in [0.5, 0.6) is 11.5 Å². The van der Waals surface area contributed by atoms with Gasteiger partial charge in [-0.1, -0.05) is 17.7 Å². The van der Waals surface area contributed by atoms with Gasteiger partial charge in [-0.3, -0.25) is 4.72 Å². The highest BCUT2D eigenvalue weighted by atomic mass is 32.2. The van der Waals surface area contributed by atoms with Crippen molar-refractivity contribution in [1.29, 1.82) is 0 Å². The lowest BCUT2D eigenvalue weighted by Gasteiger charge is -2.16. The van der Waals surface area contributed by atoms with Crippen molar-refractivity contribution in [2.24, 2.45) is 0 Å². The van der Waals surface area contributed by atoms with Crippen LogP contribution < -0.4 is 14.2 Å². The number of carboxylic acids is 1. The van der Waals surface area contributed by atoms with E-state index in [2.05, 4.69) is 4.72 Å². The number of carbonyl (C=O) groups is 1. The molecule has 0 amide bonds. The molecule has 27 heavy (non-hydrogen) atoms. The van der Waals surface area contributed by atoms with Gasteiger partial charge in [-0.05, 0) is 49.2 Å². The van der Waals surface area contributed by atoms with Crippen molar-refractivity contribution in [2.45, 2.75) is 18.7 Å². The van der Waals surface area contributed by atoms with Crippen LogP contribution in [-0.4, -0.2) is 33.7 Å². The summed E-state index contributed by atoms with van der Waals surface area (Å²) in [7, 11) is -1.32. The number of rotatable bonds is 7. The first kappa shape index (κ1) is 20.3. The molecule has 0 aliphatic carbocycles. The molecule has 0 saturated carbocycles. The molecule has 0 radical (unpaired) electrons. The molecule has 0 aliphatic heterocycles. The Morgan fingerprint density at radius 3 is 2.37 bits per heavy atom. The summed E-state index contributed by atoms with van der Waals surface area (Å²) in [4.78, 5) is 10.6. The van der Waals surface area contributed by atoms with E-state index in [-0.39, 0.29) is 16.4 Å². The summed E-state index contributed by atoms with van der Waals surface area (Å²) in [5, 5.41) is 8.81. The minimum atomic E-state index is -4.02. The Morgan fingerprint density at radius 1 is 1.11 bits per heavy atom. The number of aryl methyl sites for hydroxylation is 2. The molecule has 0 bridgehead atoms. The maximum Gasteiger partial charge on any atom is 0.328 e. The molecule has 0 spiro atoms. The molecule has 0 aromatic heterocycles. The second-order valence-electron chi connectivity index (χ2n) is 5.85. The van der Waals surface area contributed by atoms with E-state index >= 15 is 0 Å². The van der Waals surface area contributed by atoms with Gasteiger partial charge in [-0.2, -0.15) is 0 Å². The molecule has 0 saturated heterocycles. The first-order chi connectivity index (χ1) is 12.7. The van der Waals surface area contributed by atoms with Crippen molar-refractivity contribution in [2.75, 3.05) is 18.9 Å². The summed E-state index contributed by atoms with van der Waals surface area (Å²) in [5.74, 6) is -0.948. The third kappa shape index (κ3) is 4.79. The van der Waals surface area contributed by atoms with E-state index < -0.39 is 16.0 Å². The van der Waals surface area contributed by atoms with Gasteiger partial charge in [0, 0.05) is 6.08 Å². The monoisotopic (exact) mass is 391 g/mol. The molecule has 0 atom stereocenters. The SMILES string of the molecule is COc1cc(/C=C/C(=O)O)cc(S(=O)(=O)Nc2ccc(C)cc2C)c1OC. The number of aliphatic carboxylic acids is 1. The highest BCUT2D eigenvalue weighted by Gasteiger charge is 2.24. The van der Waals surface area contributed by atoms with Crippen molar-refractivity contribution in [3.05, 3.63) is 53.1 Å². The molecular weight excluding hydrogens is 370 g/mol. The van der Waals surface area contributed by atoms with Crippen LogP contribution in [0.15, 0.2) is 41.3 Å². The lowest BCUT2D eigenvalue weighted by atomic mass is 10.1. The first-order valence-corrected chi connectivity index (χ1v) is 9.43. The Bertz CT molecular complexity index is 995. The molecular formula is C19H21NO6S. The van der Waals surface area contributed by atoms with E-state index in [1.165, 1.54) is 32.4 Å². The summed E-state index contributed by atoms with van der Waals surface area (Å²) >= 11 is 0. The van der Waals surface area contributed by atoms with Gasteiger partial charge >= 0.3 is 5.97 Å². The number of nitrogens with one attached hydrogen (secondary N) is 1. The van der Waals surface area contributed by atoms with Crippen LogP contribution in [0.4, 0.5) is 5.69 Å². The van der Waals surface area contributed by atoms with Gasteiger partial charge in [0.1, 0.15) is 4.90 Å². The van der Waals surface area contributed by atoms with Crippen LogP contribution in [0, 0.1) is 13.8 Å². The molecule has 8 heteroatoms. The van der Waals surface area contributed by atoms with Gasteiger partial charge in [0.05, 0.1) is 19.9 Å². The predicted molar refractivity (Wildman–Crippen MR) is 103 cm³/mol. The smallest absolute Gasteiger partial charge is 0.328 e. The van der Waals surface area contributed by atoms with Crippen molar-refractivity contribution in [3.8, 4) is 11.5 Å². The van der Waals surface area contributed by atoms with E-state index in [0.717, 1.165) is 17.2 Å². The van der Waals surface area contributed by atoms with Crippen LogP contribution in [0.3, 0.4) is 0 Å². The van der Waals surface area contributed by atoms with E-state index in [0.29, 0.717) is 11.3 Å². The minimum absolute atomic E-state index is 0.0299. The summed E-state index contributed by atoms with van der Waals surface area (Å²) in [5.41, 5.74) is 2.56. The number of benzene rings is 2. The highest BCUT2D eigenvalue weighted by molar-refractivity contribution is 7.92. The Labute approximate surface area is 158 Å². The Morgan fingerprint density at radius 2 is 1.81 bits per heavy atom. The maximum absolute atomic E-state index is 13.0. The van der Waals surface area contributed by atoms with Crippen LogP contribution in [0.25, 0.3) is 6.08 Å². The zero-order valence-electron chi connectivity index (χ0n) is 15.4. The van der Waals surface area contributed by atoms with Gasteiger partial charge < -0.3 is 14.6 Å². The Kier molecular flexibility index (Phi) is 6.12. The number of hydrogen-bond acceptors (Lipinski definition) is 5. The van der Waals surface area contributed by atoms with Gasteiger partial charge in [0.2, 0.25) is 0 Å². The highest BCUT2D eigenvalue weighted by Crippen LogP contribution is 2.37. The Hall–Kier alpha value is -3.00. The molecule has 0 aliphatic rings. The number of methoxy groups -OCH3 is 2. The number of sulfonamides is 1. The van der Waals surface area contributed by atoms with Crippen molar-refractivity contribution in [1.82, 2.24) is 0 Å². The predicted octanol–water partition coefficient (Wildman–Crippen LogP) is 3.22. The average molecular weight is 391 g/mol. The van der Waals surface area contributed by atoms with Gasteiger partial charge in [-0.25, -0.2) is 13.2 Å². The summed E-state index contributed by atoms with van der Waals surface area (Å²) in [6, 6.07) is 8.16. The van der Waals surface area contributed by atoms with Gasteiger partial charge in [0.15, 0.2) is 11.5 Å². The molecule has 2 rings (SSSR count). The van der Waals surface area contributed by atoms with E-state index in [1.54, 1.807) is 19.1 Å². The lowest BCUT2D eigenvalue weighted by Crippen LogP contribution is -2.15. The van der Waals surface area contributed by atoms with E-state index in [1.807, 2.05) is 13.0 Å². The maximum atomic E-state index is 13.0. The fraction of sp³-hybridized carbons (Fsp3) is 0.211. The van der Waals surface area contributed by atoms with E-state index in [4.69, 9.17) is 14.6 Å². The lowest BCUT2D eigenvalue weighted by molar-refractivity contribution is -0.131. The van der Waals surface area contributed by atoms with Crippen molar-refractivity contribution >= 4 is 27.8 Å². The fourth-order valence-corrected chi connectivity index (χ4v) is 3.89. The van der Waals surface area contributed by atoms with Crippen LogP contribution in [-0.2, 0) is 14.8 Å². The second kappa shape index (κ2) is 8.13. The largest absolute Gasteiger partial charge is 0.493 e. The zero-order valence-corrected chi connectivity index (χ0v) is 16.3. The molecule has 0 unspecified atom stereocenters. The van der Waals surface area contributed by atoms with Crippen molar-refractivity contribution < 1.29 is 27.8 Å². The van der Waals surface area contributed by atoms with Crippen LogP contribution in [0.1, 0.15) is 16.7 Å². The minimum Gasteiger partial charge on any atom is -0.493 e. The molecule has 2 N–H and O–H groups in total. The molecule has 2 aromatic carbocycles. The zero-order chi connectivity index (χ0) is 20.2. The van der Waals surface area contributed by atoms with Gasteiger partial charge in [0.25, 0.3) is 10.0 Å². The van der Waals surface area contributed by atoms with Crippen LogP contribution >= 0.6 is 0 Å². The Balaban J connectivity index is 2.59. The summed E-state index contributed by atoms with van der Waals surface area (Å²) in [6.45, 7) is 3.71. The first-order valence-electron chi connectivity index (χ1n) is 7.95. The molecule has 7 nitrogen and oxygen atoms in total. The number of anilines is 1. The van der Waals surface area contributed by atoms with E-state index in [9.17, 15) is 13.2 Å². The number of carboxylic acid groups (broad SMARTS) is 1. The normalized spacial score (nSPS) is 11.4. The topological polar surface area (TPSA) is 102 Å². The molecule has 0 heterocycles. The molecule has 2 aromatic rings. The summed E-state index contributed by atoms with van der Waals surface area (Å²) < 4.78 is 39.0. The second-order valence-corrected chi connectivity index (χ2v) is 7.50. The third-order valence-corrected chi connectivity index (χ3v) is 5.17.